The SMILES string of the molecule is CN(CC1CCC1)C(CN)CNC(=O)OC(C)(C)C. The van der Waals surface area contributed by atoms with Gasteiger partial charge in [-0.05, 0) is 46.6 Å². The molecule has 1 unspecified atom stereocenters. The third-order valence-electron chi connectivity index (χ3n) is 3.55. The van der Waals surface area contributed by atoms with Crippen molar-refractivity contribution in [3.05, 3.63) is 0 Å². The quantitative estimate of drug-likeness (QED) is 0.769. The van der Waals surface area contributed by atoms with Gasteiger partial charge in [0.15, 0.2) is 0 Å². The minimum atomic E-state index is -0.458. The third-order valence-corrected chi connectivity index (χ3v) is 3.55. The van der Waals surface area contributed by atoms with Crippen LogP contribution in [0.4, 0.5) is 4.79 Å². The van der Waals surface area contributed by atoms with Gasteiger partial charge in [0.05, 0.1) is 0 Å². The summed E-state index contributed by atoms with van der Waals surface area (Å²) >= 11 is 0. The van der Waals surface area contributed by atoms with Crippen molar-refractivity contribution in [2.24, 2.45) is 11.7 Å². The van der Waals surface area contributed by atoms with Gasteiger partial charge in [-0.1, -0.05) is 6.42 Å². The van der Waals surface area contributed by atoms with Crippen LogP contribution in [0.15, 0.2) is 0 Å². The summed E-state index contributed by atoms with van der Waals surface area (Å²) in [7, 11) is 2.08. The lowest BCUT2D eigenvalue weighted by Gasteiger charge is -2.34. The Balaban J connectivity index is 2.28. The maximum absolute atomic E-state index is 11.6. The first kappa shape index (κ1) is 16.2. The van der Waals surface area contributed by atoms with E-state index in [4.69, 9.17) is 10.5 Å². The Morgan fingerprint density at radius 1 is 1.47 bits per heavy atom. The number of amides is 1. The predicted octanol–water partition coefficient (Wildman–Crippen LogP) is 1.57. The number of hydrogen-bond donors (Lipinski definition) is 2. The number of nitrogens with zero attached hydrogens (tertiary/aromatic N) is 1. The molecule has 0 radical (unpaired) electrons. The number of alkyl carbamates (subject to hydrolysis) is 1. The van der Waals surface area contributed by atoms with Crippen molar-refractivity contribution >= 4 is 6.09 Å². The molecule has 0 saturated heterocycles. The van der Waals surface area contributed by atoms with E-state index in [2.05, 4.69) is 17.3 Å². The van der Waals surface area contributed by atoms with Crippen molar-refractivity contribution in [2.45, 2.75) is 51.7 Å². The maximum Gasteiger partial charge on any atom is 0.407 e. The normalized spacial score (nSPS) is 18.0. The number of ether oxygens (including phenoxy) is 1. The molecule has 0 aromatic carbocycles. The molecule has 1 aliphatic carbocycles. The molecule has 0 aliphatic heterocycles. The van der Waals surface area contributed by atoms with Gasteiger partial charge in [0, 0.05) is 25.7 Å². The molecular weight excluding hydrogens is 242 g/mol. The molecule has 3 N–H and O–H groups in total. The van der Waals surface area contributed by atoms with Gasteiger partial charge >= 0.3 is 6.09 Å². The molecule has 0 bridgehead atoms. The first-order chi connectivity index (χ1) is 8.81. The summed E-state index contributed by atoms with van der Waals surface area (Å²) in [5.41, 5.74) is 5.33. The Hall–Kier alpha value is -0.810. The monoisotopic (exact) mass is 271 g/mol. The van der Waals surface area contributed by atoms with Crippen molar-refractivity contribution in [2.75, 3.05) is 26.7 Å². The zero-order chi connectivity index (χ0) is 14.5. The van der Waals surface area contributed by atoms with Crippen LogP contribution in [0.2, 0.25) is 0 Å². The van der Waals surface area contributed by atoms with Crippen molar-refractivity contribution in [3.63, 3.8) is 0 Å². The lowest BCUT2D eigenvalue weighted by Crippen LogP contribution is -2.49. The van der Waals surface area contributed by atoms with E-state index < -0.39 is 5.60 Å². The summed E-state index contributed by atoms with van der Waals surface area (Å²) in [6, 6.07) is 0.174. The zero-order valence-electron chi connectivity index (χ0n) is 12.7. The second kappa shape index (κ2) is 7.10. The first-order valence-corrected chi connectivity index (χ1v) is 7.19. The van der Waals surface area contributed by atoms with Crippen LogP contribution in [-0.4, -0.2) is 49.3 Å². The van der Waals surface area contributed by atoms with Crippen molar-refractivity contribution in [3.8, 4) is 0 Å². The molecule has 112 valence electrons. The van der Waals surface area contributed by atoms with E-state index in [9.17, 15) is 4.79 Å². The van der Waals surface area contributed by atoms with E-state index in [1.807, 2.05) is 20.8 Å². The summed E-state index contributed by atoms with van der Waals surface area (Å²) in [5.74, 6) is 0.806. The summed E-state index contributed by atoms with van der Waals surface area (Å²) in [4.78, 5) is 13.8. The highest BCUT2D eigenvalue weighted by atomic mass is 16.6. The van der Waals surface area contributed by atoms with Gasteiger partial charge in [-0.15, -0.1) is 0 Å². The topological polar surface area (TPSA) is 67.6 Å². The van der Waals surface area contributed by atoms with Crippen LogP contribution in [0, 0.1) is 5.92 Å². The minimum Gasteiger partial charge on any atom is -0.444 e. The average molecular weight is 271 g/mol. The first-order valence-electron chi connectivity index (χ1n) is 7.19. The molecule has 19 heavy (non-hydrogen) atoms. The molecule has 5 nitrogen and oxygen atoms in total. The molecule has 1 amide bonds. The second-order valence-electron chi connectivity index (χ2n) is 6.51. The van der Waals surface area contributed by atoms with Crippen LogP contribution in [-0.2, 0) is 4.74 Å². The third kappa shape index (κ3) is 6.25. The van der Waals surface area contributed by atoms with Gasteiger partial charge in [0.2, 0.25) is 0 Å². The summed E-state index contributed by atoms with van der Waals surface area (Å²) in [6.45, 7) is 7.71. The standard InChI is InChI=1S/C14H29N3O2/c1-14(2,3)19-13(18)16-9-12(8-15)17(4)10-11-6-5-7-11/h11-12H,5-10,15H2,1-4H3,(H,16,18). The zero-order valence-corrected chi connectivity index (χ0v) is 12.7. The number of hydrogen-bond acceptors (Lipinski definition) is 4. The molecule has 0 spiro atoms. The van der Waals surface area contributed by atoms with E-state index in [-0.39, 0.29) is 12.1 Å². The van der Waals surface area contributed by atoms with E-state index in [1.54, 1.807) is 0 Å². The molecule has 1 fully saturated rings. The van der Waals surface area contributed by atoms with Gasteiger partial charge in [-0.3, -0.25) is 0 Å². The van der Waals surface area contributed by atoms with Crippen LogP contribution in [0.25, 0.3) is 0 Å². The highest BCUT2D eigenvalue weighted by molar-refractivity contribution is 5.67. The molecule has 0 aromatic heterocycles. The van der Waals surface area contributed by atoms with Crippen molar-refractivity contribution < 1.29 is 9.53 Å². The molecule has 0 aromatic rings. The van der Waals surface area contributed by atoms with E-state index in [1.165, 1.54) is 19.3 Å². The molecule has 1 atom stereocenters. The molecule has 1 rings (SSSR count). The van der Waals surface area contributed by atoms with Gasteiger partial charge < -0.3 is 20.7 Å². The summed E-state index contributed by atoms with van der Waals surface area (Å²) < 4.78 is 5.22. The fraction of sp³-hybridized carbons (Fsp3) is 0.929. The highest BCUT2D eigenvalue weighted by Gasteiger charge is 2.23. The Morgan fingerprint density at radius 2 is 2.11 bits per heavy atom. The van der Waals surface area contributed by atoms with E-state index in [0.717, 1.165) is 12.5 Å². The van der Waals surface area contributed by atoms with Gasteiger partial charge in [-0.2, -0.15) is 0 Å². The van der Waals surface area contributed by atoms with E-state index >= 15 is 0 Å². The molecule has 1 saturated carbocycles. The molecule has 5 heteroatoms. The molecular formula is C14H29N3O2. The summed E-state index contributed by atoms with van der Waals surface area (Å²) in [5, 5.41) is 2.80. The smallest absolute Gasteiger partial charge is 0.407 e. The number of nitrogens with one attached hydrogen (secondary N) is 1. The maximum atomic E-state index is 11.6. The fourth-order valence-electron chi connectivity index (χ4n) is 2.17. The van der Waals surface area contributed by atoms with Gasteiger partial charge in [0.1, 0.15) is 5.60 Å². The Kier molecular flexibility index (Phi) is 6.07. The number of rotatable bonds is 6. The van der Waals surface area contributed by atoms with Crippen molar-refractivity contribution in [1.29, 1.82) is 0 Å². The molecule has 0 heterocycles. The molecule has 1 aliphatic rings. The largest absolute Gasteiger partial charge is 0.444 e. The van der Waals surface area contributed by atoms with Gasteiger partial charge in [0.25, 0.3) is 0 Å². The lowest BCUT2D eigenvalue weighted by atomic mass is 9.85. The number of carbonyl (C=O) groups excluding carboxylic acids is 1. The van der Waals surface area contributed by atoms with Crippen LogP contribution in [0.3, 0.4) is 0 Å². The van der Waals surface area contributed by atoms with E-state index in [0.29, 0.717) is 13.1 Å². The number of nitrogens with two attached hydrogens (primary N) is 1. The number of carbonyl (C=O) groups is 1. The predicted molar refractivity (Wildman–Crippen MR) is 77.1 cm³/mol. The second-order valence-corrected chi connectivity index (χ2v) is 6.51. The average Bonchev–Trinajstić information content (AvgIpc) is 2.21. The Bertz CT molecular complexity index is 285. The highest BCUT2D eigenvalue weighted by Crippen LogP contribution is 2.27. The Morgan fingerprint density at radius 3 is 2.53 bits per heavy atom. The number of likely N-dealkylation sites (N-methyl/N-ethyl adjacent to an activating group) is 1. The summed E-state index contributed by atoms with van der Waals surface area (Å²) in [6.07, 6.45) is 3.62. The van der Waals surface area contributed by atoms with Crippen LogP contribution in [0.1, 0.15) is 40.0 Å². The fourth-order valence-corrected chi connectivity index (χ4v) is 2.17. The Labute approximate surface area is 116 Å². The van der Waals surface area contributed by atoms with Crippen LogP contribution >= 0.6 is 0 Å². The minimum absolute atomic E-state index is 0.174. The van der Waals surface area contributed by atoms with Crippen LogP contribution < -0.4 is 11.1 Å². The van der Waals surface area contributed by atoms with Gasteiger partial charge in [-0.25, -0.2) is 4.79 Å². The lowest BCUT2D eigenvalue weighted by molar-refractivity contribution is 0.0507. The van der Waals surface area contributed by atoms with Crippen molar-refractivity contribution in [1.82, 2.24) is 10.2 Å². The van der Waals surface area contributed by atoms with Crippen LogP contribution in [0.5, 0.6) is 0 Å².